The Morgan fingerprint density at radius 3 is 2.62 bits per heavy atom. The fourth-order valence-corrected chi connectivity index (χ4v) is 3.36. The van der Waals surface area contributed by atoms with Crippen molar-refractivity contribution < 1.29 is 14.7 Å². The summed E-state index contributed by atoms with van der Waals surface area (Å²) in [5.74, 6) is 0.405. The number of likely N-dealkylation sites (tertiary alicyclic amines) is 1. The van der Waals surface area contributed by atoms with Crippen LogP contribution in [0.5, 0.6) is 0 Å². The molecule has 0 bridgehead atoms. The van der Waals surface area contributed by atoms with Crippen LogP contribution in [0.15, 0.2) is 0 Å². The van der Waals surface area contributed by atoms with Crippen molar-refractivity contribution in [2.24, 2.45) is 0 Å². The number of carbonyl (C=O) groups is 2. The maximum atomic E-state index is 12.8. The first-order valence-corrected chi connectivity index (χ1v) is 7.99. The molecule has 1 atom stereocenters. The van der Waals surface area contributed by atoms with E-state index in [0.29, 0.717) is 30.0 Å². The van der Waals surface area contributed by atoms with E-state index in [1.54, 1.807) is 18.7 Å². The summed E-state index contributed by atoms with van der Waals surface area (Å²) in [5.41, 5.74) is 1.52. The molecule has 1 fully saturated rings. The molecule has 2 aromatic heterocycles. The quantitative estimate of drug-likeness (QED) is 0.793. The first-order chi connectivity index (χ1) is 11.4. The van der Waals surface area contributed by atoms with E-state index in [2.05, 4.69) is 20.2 Å². The van der Waals surface area contributed by atoms with Gasteiger partial charge in [-0.3, -0.25) is 9.89 Å². The standard InChI is InChI=1S/C16H21N5O3/c1-8-12(16(23)24)9(2)17-13(8)15(22)21-6-4-5-11(7-21)14-18-10(3)19-20-14/h11,17H,4-7H2,1-3H3,(H,23,24)(H,18,19,20). The Morgan fingerprint density at radius 2 is 2.04 bits per heavy atom. The largest absolute Gasteiger partial charge is 0.478 e. The Hall–Kier alpha value is -2.64. The monoisotopic (exact) mass is 331 g/mol. The predicted octanol–water partition coefficient (Wildman–Crippen LogP) is 1.78. The van der Waals surface area contributed by atoms with Crippen LogP contribution < -0.4 is 0 Å². The molecule has 1 amide bonds. The molecule has 3 rings (SSSR count). The summed E-state index contributed by atoms with van der Waals surface area (Å²) in [6.07, 6.45) is 1.80. The number of rotatable bonds is 3. The second-order valence-corrected chi connectivity index (χ2v) is 6.30. The number of carbonyl (C=O) groups excluding carboxylic acids is 1. The van der Waals surface area contributed by atoms with Crippen molar-refractivity contribution in [3.8, 4) is 0 Å². The maximum absolute atomic E-state index is 12.8. The minimum Gasteiger partial charge on any atom is -0.478 e. The van der Waals surface area contributed by atoms with E-state index < -0.39 is 5.97 Å². The lowest BCUT2D eigenvalue weighted by Crippen LogP contribution is -2.39. The number of nitrogens with one attached hydrogen (secondary N) is 2. The highest BCUT2D eigenvalue weighted by Crippen LogP contribution is 2.27. The van der Waals surface area contributed by atoms with Crippen LogP contribution in [0.2, 0.25) is 0 Å². The van der Waals surface area contributed by atoms with Crippen LogP contribution in [0.25, 0.3) is 0 Å². The highest BCUT2D eigenvalue weighted by atomic mass is 16.4. The van der Waals surface area contributed by atoms with Gasteiger partial charge >= 0.3 is 5.97 Å². The number of aromatic nitrogens is 4. The van der Waals surface area contributed by atoms with Gasteiger partial charge in [0.15, 0.2) is 5.82 Å². The zero-order valence-electron chi connectivity index (χ0n) is 14.0. The van der Waals surface area contributed by atoms with Gasteiger partial charge in [0.25, 0.3) is 5.91 Å². The summed E-state index contributed by atoms with van der Waals surface area (Å²) >= 11 is 0. The molecule has 0 saturated carbocycles. The molecule has 8 heteroatoms. The lowest BCUT2D eigenvalue weighted by atomic mass is 9.97. The van der Waals surface area contributed by atoms with Crippen LogP contribution in [0, 0.1) is 20.8 Å². The van der Waals surface area contributed by atoms with Crippen molar-refractivity contribution in [1.29, 1.82) is 0 Å². The molecule has 3 heterocycles. The Bertz CT molecular complexity index is 792. The third-order valence-electron chi connectivity index (χ3n) is 4.55. The van der Waals surface area contributed by atoms with E-state index in [1.807, 2.05) is 6.92 Å². The minimum atomic E-state index is -1.02. The van der Waals surface area contributed by atoms with Crippen molar-refractivity contribution in [3.05, 3.63) is 34.2 Å². The molecular weight excluding hydrogens is 310 g/mol. The third-order valence-corrected chi connectivity index (χ3v) is 4.55. The highest BCUT2D eigenvalue weighted by molar-refractivity contribution is 6.00. The van der Waals surface area contributed by atoms with Gasteiger partial charge in [-0.2, -0.15) is 5.10 Å². The molecule has 0 radical (unpaired) electrons. The fraction of sp³-hybridized carbons (Fsp3) is 0.500. The van der Waals surface area contributed by atoms with Crippen LogP contribution >= 0.6 is 0 Å². The van der Waals surface area contributed by atoms with Crippen molar-refractivity contribution in [2.45, 2.75) is 39.5 Å². The smallest absolute Gasteiger partial charge is 0.337 e. The lowest BCUT2D eigenvalue weighted by molar-refractivity contribution is 0.0693. The molecule has 1 aliphatic heterocycles. The fourth-order valence-electron chi connectivity index (χ4n) is 3.36. The number of nitrogens with zero attached hydrogens (tertiary/aromatic N) is 3. The first kappa shape index (κ1) is 16.2. The summed E-state index contributed by atoms with van der Waals surface area (Å²) in [7, 11) is 0. The highest BCUT2D eigenvalue weighted by Gasteiger charge is 2.30. The molecule has 0 spiro atoms. The van der Waals surface area contributed by atoms with E-state index in [4.69, 9.17) is 0 Å². The average Bonchev–Trinajstić information content (AvgIpc) is 3.10. The van der Waals surface area contributed by atoms with Gasteiger partial charge in [0.05, 0.1) is 5.56 Å². The topological polar surface area (TPSA) is 115 Å². The summed E-state index contributed by atoms with van der Waals surface area (Å²) in [4.78, 5) is 33.2. The molecule has 1 unspecified atom stereocenters. The van der Waals surface area contributed by atoms with Crippen molar-refractivity contribution >= 4 is 11.9 Å². The minimum absolute atomic E-state index is 0.1000. The van der Waals surface area contributed by atoms with Crippen LogP contribution in [-0.4, -0.2) is 55.1 Å². The van der Waals surface area contributed by atoms with Crippen molar-refractivity contribution in [3.63, 3.8) is 0 Å². The third kappa shape index (κ3) is 2.79. The molecule has 3 N–H and O–H groups in total. The molecule has 1 saturated heterocycles. The molecule has 0 aliphatic carbocycles. The van der Waals surface area contributed by atoms with E-state index in [9.17, 15) is 14.7 Å². The second kappa shape index (κ2) is 6.10. The normalized spacial score (nSPS) is 18.0. The van der Waals surface area contributed by atoms with Gasteiger partial charge in [0.2, 0.25) is 0 Å². The second-order valence-electron chi connectivity index (χ2n) is 6.30. The van der Waals surface area contributed by atoms with E-state index in [1.165, 1.54) is 0 Å². The summed E-state index contributed by atoms with van der Waals surface area (Å²) < 4.78 is 0. The number of hydrogen-bond acceptors (Lipinski definition) is 4. The molecule has 24 heavy (non-hydrogen) atoms. The Morgan fingerprint density at radius 1 is 1.29 bits per heavy atom. The lowest BCUT2D eigenvalue weighted by Gasteiger charge is -2.31. The van der Waals surface area contributed by atoms with Crippen LogP contribution in [-0.2, 0) is 0 Å². The predicted molar refractivity (Wildman–Crippen MR) is 86.2 cm³/mol. The average molecular weight is 331 g/mol. The van der Waals surface area contributed by atoms with Crippen LogP contribution in [0.1, 0.15) is 62.5 Å². The van der Waals surface area contributed by atoms with Gasteiger partial charge < -0.3 is 15.0 Å². The molecule has 2 aromatic rings. The molecule has 1 aliphatic rings. The number of aromatic amines is 2. The van der Waals surface area contributed by atoms with Gasteiger partial charge in [-0.25, -0.2) is 9.78 Å². The molecule has 8 nitrogen and oxygen atoms in total. The summed E-state index contributed by atoms with van der Waals surface area (Å²) in [6, 6.07) is 0. The number of H-pyrrole nitrogens is 2. The van der Waals surface area contributed by atoms with E-state index in [0.717, 1.165) is 24.5 Å². The number of aromatic carboxylic acids is 1. The van der Waals surface area contributed by atoms with Crippen molar-refractivity contribution in [1.82, 2.24) is 25.1 Å². The zero-order valence-corrected chi connectivity index (χ0v) is 14.0. The summed E-state index contributed by atoms with van der Waals surface area (Å²) in [6.45, 7) is 6.37. The number of piperidine rings is 1. The molecule has 128 valence electrons. The Balaban J connectivity index is 1.82. The maximum Gasteiger partial charge on any atom is 0.337 e. The molecular formula is C16H21N5O3. The van der Waals surface area contributed by atoms with E-state index in [-0.39, 0.29) is 17.4 Å². The zero-order chi connectivity index (χ0) is 17.4. The van der Waals surface area contributed by atoms with Gasteiger partial charge in [0, 0.05) is 24.7 Å². The number of carboxylic acids is 1. The van der Waals surface area contributed by atoms with Gasteiger partial charge in [-0.1, -0.05) is 0 Å². The van der Waals surface area contributed by atoms with Gasteiger partial charge in [0.1, 0.15) is 11.5 Å². The molecule has 0 aromatic carbocycles. The number of aryl methyl sites for hydroxylation is 2. The Labute approximate surface area is 139 Å². The van der Waals surface area contributed by atoms with Gasteiger partial charge in [-0.05, 0) is 39.2 Å². The number of amides is 1. The van der Waals surface area contributed by atoms with Crippen LogP contribution in [0.4, 0.5) is 0 Å². The van der Waals surface area contributed by atoms with Crippen molar-refractivity contribution in [2.75, 3.05) is 13.1 Å². The number of carboxylic acid groups (broad SMARTS) is 1. The Kier molecular flexibility index (Phi) is 4.13. The van der Waals surface area contributed by atoms with Crippen LogP contribution in [0.3, 0.4) is 0 Å². The first-order valence-electron chi connectivity index (χ1n) is 7.99. The van der Waals surface area contributed by atoms with E-state index >= 15 is 0 Å². The van der Waals surface area contributed by atoms with Gasteiger partial charge in [-0.15, -0.1) is 0 Å². The SMILES string of the molecule is Cc1nc(C2CCCN(C(=O)c3[nH]c(C)c(C(=O)O)c3C)C2)n[nH]1. The summed E-state index contributed by atoms with van der Waals surface area (Å²) in [5, 5.41) is 16.3. The number of hydrogen-bond donors (Lipinski definition) is 3.